The summed E-state index contributed by atoms with van der Waals surface area (Å²) in [4.78, 5) is 10.3. The molecule has 0 spiro atoms. The van der Waals surface area contributed by atoms with E-state index in [9.17, 15) is 23.3 Å². The van der Waals surface area contributed by atoms with Gasteiger partial charge in [0.05, 0.1) is 10.5 Å². The number of nitrogens with zero attached hydrogens (tertiary/aromatic N) is 1. The van der Waals surface area contributed by atoms with Crippen LogP contribution in [-0.4, -0.2) is 11.1 Å². The van der Waals surface area contributed by atoms with Crippen molar-refractivity contribution in [1.29, 1.82) is 0 Å². The molecule has 2 rings (SSSR count). The van der Waals surface area contributed by atoms with Crippen LogP contribution in [0.5, 0.6) is 0 Å². The predicted molar refractivity (Wildman–Crippen MR) is 72.7 cm³/mol. The molecule has 3 nitrogen and oxygen atoms in total. The molecule has 2 aromatic carbocycles. The summed E-state index contributed by atoms with van der Waals surface area (Å²) in [7, 11) is 0. The van der Waals surface area contributed by atoms with Gasteiger partial charge in [-0.05, 0) is 11.6 Å². The van der Waals surface area contributed by atoms with Crippen LogP contribution in [0.15, 0.2) is 60.7 Å². The molecule has 6 heteroatoms. The lowest BCUT2D eigenvalue weighted by Gasteiger charge is -2.10. The first kappa shape index (κ1) is 14.8. The summed E-state index contributed by atoms with van der Waals surface area (Å²) in [5.41, 5.74) is -0.387. The van der Waals surface area contributed by atoms with Crippen LogP contribution in [-0.2, 0) is 0 Å². The van der Waals surface area contributed by atoms with Crippen molar-refractivity contribution in [2.75, 3.05) is 0 Å². The summed E-state index contributed by atoms with van der Waals surface area (Å²) in [6.07, 6.45) is -4.49. The van der Waals surface area contributed by atoms with Gasteiger partial charge in [-0.25, -0.2) is 0 Å². The fraction of sp³-hybridized carbons (Fsp3) is 0.0667. The lowest BCUT2D eigenvalue weighted by atomic mass is 9.96. The summed E-state index contributed by atoms with van der Waals surface area (Å²) >= 11 is 0. The summed E-state index contributed by atoms with van der Waals surface area (Å²) in [5, 5.41) is 11.0. The maximum atomic E-state index is 12.8. The maximum Gasteiger partial charge on any atom is 0.410 e. The molecular weight excluding hydrogens is 283 g/mol. The molecule has 0 saturated carbocycles. The Balaban J connectivity index is 2.68. The third kappa shape index (κ3) is 3.68. The number of allylic oxidation sites excluding steroid dienone is 1. The van der Waals surface area contributed by atoms with Crippen LogP contribution < -0.4 is 0 Å². The molecule has 0 unspecified atom stereocenters. The second-order valence-electron chi connectivity index (χ2n) is 4.24. The molecule has 0 aliphatic heterocycles. The van der Waals surface area contributed by atoms with Gasteiger partial charge in [-0.1, -0.05) is 42.5 Å². The van der Waals surface area contributed by atoms with Crippen molar-refractivity contribution in [3.63, 3.8) is 0 Å². The molecule has 0 atom stereocenters. The first-order chi connectivity index (χ1) is 9.88. The largest absolute Gasteiger partial charge is 0.410 e. The van der Waals surface area contributed by atoms with Crippen molar-refractivity contribution < 1.29 is 18.1 Å². The lowest BCUT2D eigenvalue weighted by Crippen LogP contribution is -2.05. The smallest absolute Gasteiger partial charge is 0.258 e. The number of halogens is 3. The molecule has 0 amide bonds. The minimum Gasteiger partial charge on any atom is -0.258 e. The zero-order valence-electron chi connectivity index (χ0n) is 10.7. The van der Waals surface area contributed by atoms with Gasteiger partial charge in [0.25, 0.3) is 5.69 Å². The molecule has 0 radical (unpaired) electrons. The Labute approximate surface area is 118 Å². The topological polar surface area (TPSA) is 43.1 Å². The Morgan fingerprint density at radius 1 is 1.00 bits per heavy atom. The third-order valence-corrected chi connectivity index (χ3v) is 2.78. The minimum absolute atomic E-state index is 0.0639. The second kappa shape index (κ2) is 5.78. The van der Waals surface area contributed by atoms with Crippen LogP contribution in [0, 0.1) is 10.1 Å². The van der Waals surface area contributed by atoms with Gasteiger partial charge in [-0.2, -0.15) is 13.2 Å². The highest BCUT2D eigenvalue weighted by Crippen LogP contribution is 2.34. The molecule has 2 aromatic rings. The number of hydrogen-bond donors (Lipinski definition) is 0. The first-order valence-electron chi connectivity index (χ1n) is 5.97. The first-order valence-corrected chi connectivity index (χ1v) is 5.97. The average molecular weight is 293 g/mol. The summed E-state index contributed by atoms with van der Waals surface area (Å²) in [6.45, 7) is 0. The van der Waals surface area contributed by atoms with Crippen molar-refractivity contribution in [1.82, 2.24) is 0 Å². The molecule has 0 N–H and O–H groups in total. The highest BCUT2D eigenvalue weighted by molar-refractivity contribution is 5.84. The molecule has 0 heterocycles. The SMILES string of the molecule is O=[N+]([O-])c1ccccc1/C(=C\C(F)(F)F)c1ccccc1. The van der Waals surface area contributed by atoms with E-state index in [-0.39, 0.29) is 28.5 Å². The third-order valence-electron chi connectivity index (χ3n) is 2.78. The Bertz CT molecular complexity index is 679. The Kier molecular flexibility index (Phi) is 4.07. The van der Waals surface area contributed by atoms with Crippen LogP contribution >= 0.6 is 0 Å². The van der Waals surface area contributed by atoms with Gasteiger partial charge in [-0.3, -0.25) is 10.1 Å². The average Bonchev–Trinajstić information content (AvgIpc) is 2.45. The number of benzene rings is 2. The lowest BCUT2D eigenvalue weighted by molar-refractivity contribution is -0.385. The van der Waals surface area contributed by atoms with E-state index in [4.69, 9.17) is 0 Å². The number of hydrogen-bond acceptors (Lipinski definition) is 2. The molecule has 0 bridgehead atoms. The summed E-state index contributed by atoms with van der Waals surface area (Å²) < 4.78 is 38.3. The number of alkyl halides is 3. The van der Waals surface area contributed by atoms with E-state index in [1.807, 2.05) is 0 Å². The number of nitro groups is 1. The molecule has 108 valence electrons. The molecular formula is C15H10F3NO2. The predicted octanol–water partition coefficient (Wildman–Crippen LogP) is 4.59. The molecule has 0 saturated heterocycles. The highest BCUT2D eigenvalue weighted by atomic mass is 19.4. The van der Waals surface area contributed by atoms with Gasteiger partial charge in [0.15, 0.2) is 0 Å². The quantitative estimate of drug-likeness (QED) is 0.613. The van der Waals surface area contributed by atoms with Crippen molar-refractivity contribution >= 4 is 11.3 Å². The van der Waals surface area contributed by atoms with E-state index in [1.54, 1.807) is 18.2 Å². The summed E-state index contributed by atoms with van der Waals surface area (Å²) in [5.74, 6) is 0. The highest BCUT2D eigenvalue weighted by Gasteiger charge is 2.28. The molecule has 0 aromatic heterocycles. The van der Waals surface area contributed by atoms with Crippen molar-refractivity contribution in [3.05, 3.63) is 81.9 Å². The van der Waals surface area contributed by atoms with Crippen LogP contribution in [0.25, 0.3) is 5.57 Å². The van der Waals surface area contributed by atoms with E-state index in [0.29, 0.717) is 0 Å². The fourth-order valence-electron chi connectivity index (χ4n) is 1.96. The van der Waals surface area contributed by atoms with Crippen molar-refractivity contribution in [2.24, 2.45) is 0 Å². The van der Waals surface area contributed by atoms with E-state index >= 15 is 0 Å². The zero-order valence-corrected chi connectivity index (χ0v) is 10.7. The Hall–Kier alpha value is -2.63. The number of para-hydroxylation sites is 1. The maximum absolute atomic E-state index is 12.8. The van der Waals surface area contributed by atoms with Crippen LogP contribution in [0.1, 0.15) is 11.1 Å². The van der Waals surface area contributed by atoms with Gasteiger partial charge in [0.1, 0.15) is 0 Å². The fourth-order valence-corrected chi connectivity index (χ4v) is 1.96. The molecule has 0 fully saturated rings. The van der Waals surface area contributed by atoms with Crippen LogP contribution in [0.2, 0.25) is 0 Å². The normalized spacial score (nSPS) is 12.2. The standard InChI is InChI=1S/C15H10F3NO2/c16-15(17,18)10-13(11-6-2-1-3-7-11)12-8-4-5-9-14(12)19(20)21/h1-10H/b13-10-. The van der Waals surface area contributed by atoms with Gasteiger partial charge < -0.3 is 0 Å². The van der Waals surface area contributed by atoms with Crippen molar-refractivity contribution in [2.45, 2.75) is 6.18 Å². The van der Waals surface area contributed by atoms with Gasteiger partial charge >= 0.3 is 6.18 Å². The van der Waals surface area contributed by atoms with Gasteiger partial charge in [-0.15, -0.1) is 0 Å². The molecule has 0 aliphatic rings. The van der Waals surface area contributed by atoms with E-state index < -0.39 is 11.1 Å². The Morgan fingerprint density at radius 3 is 2.14 bits per heavy atom. The molecule has 21 heavy (non-hydrogen) atoms. The van der Waals surface area contributed by atoms with Gasteiger partial charge in [0.2, 0.25) is 0 Å². The van der Waals surface area contributed by atoms with Crippen LogP contribution in [0.3, 0.4) is 0 Å². The minimum atomic E-state index is -4.57. The number of nitro benzene ring substituents is 1. The van der Waals surface area contributed by atoms with Crippen molar-refractivity contribution in [3.8, 4) is 0 Å². The zero-order chi connectivity index (χ0) is 15.5. The van der Waals surface area contributed by atoms with E-state index in [1.165, 1.54) is 36.4 Å². The Morgan fingerprint density at radius 2 is 1.57 bits per heavy atom. The van der Waals surface area contributed by atoms with E-state index in [2.05, 4.69) is 0 Å². The second-order valence-corrected chi connectivity index (χ2v) is 4.24. The summed E-state index contributed by atoms with van der Waals surface area (Å²) in [6, 6.07) is 13.2. The monoisotopic (exact) mass is 293 g/mol. The number of rotatable bonds is 3. The molecule has 0 aliphatic carbocycles. The van der Waals surface area contributed by atoms with Gasteiger partial charge in [0, 0.05) is 17.7 Å². The van der Waals surface area contributed by atoms with E-state index in [0.717, 1.165) is 0 Å². The van der Waals surface area contributed by atoms with Crippen LogP contribution in [0.4, 0.5) is 18.9 Å².